The highest BCUT2D eigenvalue weighted by Gasteiger charge is 2.35. The molecule has 4 rings (SSSR count). The van der Waals surface area contributed by atoms with E-state index in [9.17, 15) is 30.8 Å². The number of nitrogens with one attached hydrogen (secondary N) is 1. The molecule has 1 atom stereocenters. The number of halogens is 4. The van der Waals surface area contributed by atoms with E-state index < -0.39 is 39.8 Å². The molecule has 214 valence electrons. The van der Waals surface area contributed by atoms with E-state index in [4.69, 9.17) is 4.74 Å². The van der Waals surface area contributed by atoms with Crippen LogP contribution >= 0.6 is 0 Å². The number of ether oxygens (including phenoxy) is 2. The van der Waals surface area contributed by atoms with Crippen molar-refractivity contribution in [2.45, 2.75) is 24.1 Å². The van der Waals surface area contributed by atoms with Crippen molar-refractivity contribution in [1.82, 2.24) is 14.3 Å². The highest BCUT2D eigenvalue weighted by molar-refractivity contribution is 7.89. The summed E-state index contributed by atoms with van der Waals surface area (Å²) in [4.78, 5) is 20.8. The number of aromatic nitrogens is 2. The maximum absolute atomic E-state index is 13.6. The van der Waals surface area contributed by atoms with Gasteiger partial charge in [-0.25, -0.2) is 22.6 Å². The lowest BCUT2D eigenvalue weighted by molar-refractivity contribution is -0.148. The number of carbonyl (C=O) groups excluding carboxylic acids is 1. The summed E-state index contributed by atoms with van der Waals surface area (Å²) in [5.41, 5.74) is -0.854. The van der Waals surface area contributed by atoms with E-state index in [1.807, 2.05) is 0 Å². The summed E-state index contributed by atoms with van der Waals surface area (Å²) < 4.78 is 91.4. The van der Waals surface area contributed by atoms with Gasteiger partial charge in [-0.1, -0.05) is 0 Å². The van der Waals surface area contributed by atoms with Gasteiger partial charge < -0.3 is 19.7 Å². The highest BCUT2D eigenvalue weighted by atomic mass is 32.2. The smallest absolute Gasteiger partial charge is 0.433 e. The second-order valence-electron chi connectivity index (χ2n) is 8.71. The predicted octanol–water partition coefficient (Wildman–Crippen LogP) is 3.83. The number of carbonyl (C=O) groups is 1. The highest BCUT2D eigenvalue weighted by Crippen LogP contribution is 2.32. The number of hydrogen-bond donors (Lipinski definition) is 1. The van der Waals surface area contributed by atoms with Crippen LogP contribution in [0.2, 0.25) is 0 Å². The Morgan fingerprint density at radius 3 is 2.20 bits per heavy atom. The largest absolute Gasteiger partial charge is 0.479 e. The van der Waals surface area contributed by atoms with Crippen molar-refractivity contribution in [2.24, 2.45) is 0 Å². The summed E-state index contributed by atoms with van der Waals surface area (Å²) in [6.07, 6.45) is -5.64. The van der Waals surface area contributed by atoms with Crippen LogP contribution in [-0.2, 0) is 25.7 Å². The number of hydrogen-bond acceptors (Lipinski definition) is 9. The first kappa shape index (κ1) is 29.0. The van der Waals surface area contributed by atoms with Crippen LogP contribution in [0, 0.1) is 5.82 Å². The maximum Gasteiger partial charge on any atom is 0.433 e. The Labute approximate surface area is 227 Å². The van der Waals surface area contributed by atoms with Crippen LogP contribution in [0.4, 0.5) is 35.0 Å². The lowest BCUT2D eigenvalue weighted by Gasteiger charge is -2.34. The number of methoxy groups -OCH3 is 1. The minimum absolute atomic E-state index is 0.0138. The van der Waals surface area contributed by atoms with Gasteiger partial charge in [-0.15, -0.1) is 0 Å². The van der Waals surface area contributed by atoms with Crippen LogP contribution in [-0.4, -0.2) is 68.1 Å². The summed E-state index contributed by atoms with van der Waals surface area (Å²) in [6, 6.07) is 11.3. The van der Waals surface area contributed by atoms with Crippen LogP contribution in [0.3, 0.4) is 0 Å². The third kappa shape index (κ3) is 6.77. The minimum Gasteiger partial charge on any atom is -0.479 e. The van der Waals surface area contributed by atoms with E-state index in [0.717, 1.165) is 18.2 Å². The number of anilines is 3. The zero-order valence-electron chi connectivity index (χ0n) is 21.4. The van der Waals surface area contributed by atoms with Crippen molar-refractivity contribution in [3.63, 3.8) is 0 Å². The molecule has 0 bridgehead atoms. The Morgan fingerprint density at radius 1 is 1.00 bits per heavy atom. The molecule has 2 heterocycles. The molecule has 1 N–H and O–H groups in total. The summed E-state index contributed by atoms with van der Waals surface area (Å²) in [6.45, 7) is 1.51. The first-order valence-electron chi connectivity index (χ1n) is 12.0. The normalized spacial score (nSPS) is 15.4. The zero-order chi connectivity index (χ0) is 29.1. The van der Waals surface area contributed by atoms with E-state index in [0.29, 0.717) is 5.69 Å². The lowest BCUT2D eigenvalue weighted by Crippen LogP contribution is -2.49. The van der Waals surface area contributed by atoms with E-state index in [2.05, 4.69) is 20.0 Å². The molecular weight excluding hydrogens is 558 g/mol. The van der Waals surface area contributed by atoms with Gasteiger partial charge in [0.2, 0.25) is 16.0 Å². The van der Waals surface area contributed by atoms with Crippen molar-refractivity contribution in [3.05, 3.63) is 66.1 Å². The zero-order valence-corrected chi connectivity index (χ0v) is 22.2. The van der Waals surface area contributed by atoms with Crippen LogP contribution in [0.25, 0.3) is 0 Å². The summed E-state index contributed by atoms with van der Waals surface area (Å²) >= 11 is 0. The molecule has 1 saturated heterocycles. The molecule has 0 aliphatic carbocycles. The summed E-state index contributed by atoms with van der Waals surface area (Å²) in [5, 5.41) is 2.72. The van der Waals surface area contributed by atoms with Gasteiger partial charge in [0.15, 0.2) is 11.8 Å². The van der Waals surface area contributed by atoms with E-state index >= 15 is 0 Å². The molecule has 1 aliphatic heterocycles. The van der Waals surface area contributed by atoms with Crippen molar-refractivity contribution in [1.29, 1.82) is 0 Å². The van der Waals surface area contributed by atoms with E-state index in [-0.39, 0.29) is 48.6 Å². The Kier molecular flexibility index (Phi) is 8.44. The fraction of sp³-hybridized carbons (Fsp3) is 0.320. The molecule has 2 aromatic carbocycles. The van der Waals surface area contributed by atoms with Gasteiger partial charge in [0.05, 0.1) is 12.0 Å². The Bertz CT molecular complexity index is 1450. The number of benzene rings is 2. The second kappa shape index (κ2) is 11.6. The van der Waals surface area contributed by atoms with Gasteiger partial charge in [0, 0.05) is 37.9 Å². The van der Waals surface area contributed by atoms with Crippen molar-refractivity contribution in [2.75, 3.05) is 43.5 Å². The third-order valence-electron chi connectivity index (χ3n) is 5.95. The Morgan fingerprint density at radius 2 is 1.62 bits per heavy atom. The number of sulfonamides is 1. The maximum atomic E-state index is 13.6. The summed E-state index contributed by atoms with van der Waals surface area (Å²) in [7, 11) is -2.70. The number of alkyl halides is 3. The molecule has 0 spiro atoms. The summed E-state index contributed by atoms with van der Waals surface area (Å²) in [5.74, 6) is -1.19. The minimum atomic E-state index is -4.76. The molecule has 3 aromatic rings. The van der Waals surface area contributed by atoms with Crippen LogP contribution < -0.4 is 15.0 Å². The Hall–Kier alpha value is -3.98. The van der Waals surface area contributed by atoms with Gasteiger partial charge in [0.1, 0.15) is 17.4 Å². The number of rotatable bonds is 8. The van der Waals surface area contributed by atoms with Gasteiger partial charge in [0.25, 0.3) is 0 Å². The van der Waals surface area contributed by atoms with E-state index in [1.165, 1.54) is 59.6 Å². The molecular formula is C25H25F4N5O5S. The standard InChI is InChI=1S/C25H25F4N5O5S/c1-16(23(35)38-2)39-19-7-9-20(10-8-19)40(36,37)34-13-11-33(12-14-34)24-31-21(25(27,28)29)15-22(32-24)30-18-5-3-17(26)4-6-18/h3-10,15-16H,11-14H2,1-2H3,(H,30,31,32)/t16-/m0/s1. The molecule has 0 unspecified atom stereocenters. The Balaban J connectivity index is 1.47. The van der Waals surface area contributed by atoms with Crippen molar-refractivity contribution < 1.29 is 40.2 Å². The fourth-order valence-corrected chi connectivity index (χ4v) is 5.27. The molecule has 15 heteroatoms. The average Bonchev–Trinajstić information content (AvgIpc) is 2.93. The predicted molar refractivity (Wildman–Crippen MR) is 136 cm³/mol. The lowest BCUT2D eigenvalue weighted by atomic mass is 10.3. The van der Waals surface area contributed by atoms with E-state index in [1.54, 1.807) is 0 Å². The van der Waals surface area contributed by atoms with Crippen LogP contribution in [0.1, 0.15) is 12.6 Å². The van der Waals surface area contributed by atoms with Gasteiger partial charge in [-0.3, -0.25) is 0 Å². The molecule has 40 heavy (non-hydrogen) atoms. The number of nitrogens with zero attached hydrogens (tertiary/aromatic N) is 4. The van der Waals surface area contributed by atoms with Gasteiger partial charge in [-0.2, -0.15) is 22.5 Å². The topological polar surface area (TPSA) is 114 Å². The third-order valence-corrected chi connectivity index (χ3v) is 7.86. The van der Waals surface area contributed by atoms with Gasteiger partial charge in [-0.05, 0) is 55.5 Å². The van der Waals surface area contributed by atoms with Crippen LogP contribution in [0.15, 0.2) is 59.5 Å². The van der Waals surface area contributed by atoms with Crippen molar-refractivity contribution in [3.8, 4) is 5.75 Å². The first-order valence-corrected chi connectivity index (χ1v) is 13.4. The van der Waals surface area contributed by atoms with Crippen molar-refractivity contribution >= 4 is 33.4 Å². The average molecular weight is 584 g/mol. The monoisotopic (exact) mass is 583 g/mol. The SMILES string of the molecule is COC(=O)[C@H](C)Oc1ccc(S(=O)(=O)N2CCN(c3nc(Nc4ccc(F)cc4)cc(C(F)(F)F)n3)CC2)cc1. The number of esters is 1. The first-order chi connectivity index (χ1) is 18.9. The molecule has 0 radical (unpaired) electrons. The van der Waals surface area contributed by atoms with Gasteiger partial charge >= 0.3 is 12.1 Å². The molecule has 1 aromatic heterocycles. The molecule has 1 aliphatic rings. The quantitative estimate of drug-likeness (QED) is 0.312. The van der Waals surface area contributed by atoms with Crippen LogP contribution in [0.5, 0.6) is 5.75 Å². The molecule has 1 fully saturated rings. The molecule has 0 amide bonds. The molecule has 10 nitrogen and oxygen atoms in total. The number of piperazine rings is 1. The fourth-order valence-electron chi connectivity index (χ4n) is 3.85. The molecule has 0 saturated carbocycles. The second-order valence-corrected chi connectivity index (χ2v) is 10.7.